The van der Waals surface area contributed by atoms with Crippen molar-refractivity contribution in [2.45, 2.75) is 31.2 Å². The van der Waals surface area contributed by atoms with Gasteiger partial charge in [0.1, 0.15) is 0 Å². The Kier molecular flexibility index (Phi) is 10.1. The first-order valence-electron chi connectivity index (χ1n) is 8.70. The number of rotatable bonds is 6. The molecule has 146 valence electrons. The molecule has 1 aromatic rings. The predicted molar refractivity (Wildman–Crippen MR) is 117 cm³/mol. The third-order valence-corrected chi connectivity index (χ3v) is 5.52. The first kappa shape index (κ1) is 22.9. The molecule has 1 aliphatic heterocycles. The van der Waals surface area contributed by atoms with Gasteiger partial charge in [0.15, 0.2) is 5.96 Å². The van der Waals surface area contributed by atoms with Crippen molar-refractivity contribution in [3.63, 3.8) is 0 Å². The Morgan fingerprint density at radius 1 is 1.35 bits per heavy atom. The lowest BCUT2D eigenvalue weighted by molar-refractivity contribution is -0.133. The number of halogens is 1. The van der Waals surface area contributed by atoms with Gasteiger partial charge in [0.25, 0.3) is 0 Å². The van der Waals surface area contributed by atoms with Crippen LogP contribution in [0, 0.1) is 5.92 Å². The van der Waals surface area contributed by atoms with E-state index in [9.17, 15) is 9.00 Å². The summed E-state index contributed by atoms with van der Waals surface area (Å²) in [4.78, 5) is 19.0. The summed E-state index contributed by atoms with van der Waals surface area (Å²) in [5, 5.41) is 6.56. The zero-order valence-electron chi connectivity index (χ0n) is 15.6. The zero-order valence-corrected chi connectivity index (χ0v) is 18.8. The summed E-state index contributed by atoms with van der Waals surface area (Å²) in [6, 6.07) is 9.66. The molecule has 0 aromatic heterocycles. The highest BCUT2D eigenvalue weighted by atomic mass is 127. The Morgan fingerprint density at radius 2 is 2.04 bits per heavy atom. The molecule has 0 radical (unpaired) electrons. The fraction of sp³-hybridized carbons (Fsp3) is 0.556. The van der Waals surface area contributed by atoms with E-state index in [1.165, 1.54) is 0 Å². The quantitative estimate of drug-likeness (QED) is 0.361. The maximum atomic E-state index is 12.2. The Morgan fingerprint density at radius 3 is 2.65 bits per heavy atom. The van der Waals surface area contributed by atoms with Gasteiger partial charge in [0.05, 0.1) is 10.8 Å². The predicted octanol–water partition coefficient (Wildman–Crippen LogP) is 1.83. The number of hydrogen-bond donors (Lipinski definition) is 2. The molecular weight excluding hydrogens is 463 g/mol. The van der Waals surface area contributed by atoms with Gasteiger partial charge < -0.3 is 15.5 Å². The van der Waals surface area contributed by atoms with Gasteiger partial charge >= 0.3 is 0 Å². The van der Waals surface area contributed by atoms with E-state index in [0.717, 1.165) is 17.9 Å². The zero-order chi connectivity index (χ0) is 18.2. The van der Waals surface area contributed by atoms with Crippen LogP contribution in [0.1, 0.15) is 20.3 Å². The van der Waals surface area contributed by atoms with E-state index in [1.54, 1.807) is 7.05 Å². The van der Waals surface area contributed by atoms with Crippen molar-refractivity contribution < 1.29 is 9.00 Å². The molecule has 8 heteroatoms. The molecule has 2 unspecified atom stereocenters. The number of likely N-dealkylation sites (tertiary alicyclic amines) is 1. The van der Waals surface area contributed by atoms with Crippen molar-refractivity contribution in [2.24, 2.45) is 10.9 Å². The standard InChI is InChI=1S/C18H28N4O2S.HI/c1-14(2)17(23)22-11-9-15(13-22)21-18(19-3)20-10-12-25(24)16-7-5-4-6-8-16;/h4-8,14-15H,9-13H2,1-3H3,(H2,19,20,21);1H. The van der Waals surface area contributed by atoms with Crippen LogP contribution in [0.5, 0.6) is 0 Å². The summed E-state index contributed by atoms with van der Waals surface area (Å²) in [6.45, 7) is 5.91. The summed E-state index contributed by atoms with van der Waals surface area (Å²) >= 11 is 0. The first-order valence-corrected chi connectivity index (χ1v) is 10.0. The van der Waals surface area contributed by atoms with E-state index < -0.39 is 10.8 Å². The van der Waals surface area contributed by atoms with Gasteiger partial charge in [-0.2, -0.15) is 0 Å². The van der Waals surface area contributed by atoms with Crippen molar-refractivity contribution in [2.75, 3.05) is 32.4 Å². The number of amides is 1. The van der Waals surface area contributed by atoms with Gasteiger partial charge in [-0.05, 0) is 18.6 Å². The number of benzene rings is 1. The number of carbonyl (C=O) groups excluding carboxylic acids is 1. The average Bonchev–Trinajstić information content (AvgIpc) is 3.09. The average molecular weight is 492 g/mol. The summed E-state index contributed by atoms with van der Waals surface area (Å²) in [5.41, 5.74) is 0. The van der Waals surface area contributed by atoms with Gasteiger partial charge in [-0.25, -0.2) is 0 Å². The third kappa shape index (κ3) is 6.86. The SMILES string of the molecule is CN=C(NCCS(=O)c1ccccc1)NC1CCN(C(=O)C(C)C)C1.I. The smallest absolute Gasteiger partial charge is 0.225 e. The first-order chi connectivity index (χ1) is 12.0. The van der Waals surface area contributed by atoms with E-state index in [0.29, 0.717) is 24.8 Å². The lowest BCUT2D eigenvalue weighted by Crippen LogP contribution is -2.46. The van der Waals surface area contributed by atoms with Crippen LogP contribution >= 0.6 is 24.0 Å². The lowest BCUT2D eigenvalue weighted by Gasteiger charge is -2.20. The minimum atomic E-state index is -1.02. The molecule has 1 saturated heterocycles. The van der Waals surface area contributed by atoms with Crippen LogP contribution in [-0.2, 0) is 15.6 Å². The minimum Gasteiger partial charge on any atom is -0.355 e. The van der Waals surface area contributed by atoms with Gasteiger partial charge in [0.2, 0.25) is 5.91 Å². The monoisotopic (exact) mass is 492 g/mol. The van der Waals surface area contributed by atoms with Crippen LogP contribution in [0.3, 0.4) is 0 Å². The molecule has 1 aliphatic rings. The summed E-state index contributed by atoms with van der Waals surface area (Å²) in [6.07, 6.45) is 0.912. The summed E-state index contributed by atoms with van der Waals surface area (Å²) < 4.78 is 12.2. The van der Waals surface area contributed by atoms with Crippen LogP contribution in [0.25, 0.3) is 0 Å². The molecule has 0 saturated carbocycles. The molecule has 2 atom stereocenters. The number of hydrogen-bond acceptors (Lipinski definition) is 3. The van der Waals surface area contributed by atoms with Crippen molar-refractivity contribution >= 4 is 46.6 Å². The number of aliphatic imine (C=N–C) groups is 1. The second-order valence-electron chi connectivity index (χ2n) is 6.43. The second kappa shape index (κ2) is 11.5. The molecule has 0 bridgehead atoms. The van der Waals surface area contributed by atoms with Gasteiger partial charge in [0, 0.05) is 49.3 Å². The molecule has 0 spiro atoms. The molecule has 2 N–H and O–H groups in total. The van der Waals surface area contributed by atoms with E-state index >= 15 is 0 Å². The number of guanidine groups is 1. The maximum Gasteiger partial charge on any atom is 0.225 e. The van der Waals surface area contributed by atoms with Crippen molar-refractivity contribution in [1.29, 1.82) is 0 Å². The molecule has 0 aliphatic carbocycles. The summed E-state index contributed by atoms with van der Waals surface area (Å²) in [5.74, 6) is 1.44. The highest BCUT2D eigenvalue weighted by Crippen LogP contribution is 2.12. The molecular formula is C18H29IN4O2S. The largest absolute Gasteiger partial charge is 0.355 e. The minimum absolute atomic E-state index is 0. The summed E-state index contributed by atoms with van der Waals surface area (Å²) in [7, 11) is 0.697. The Balaban J connectivity index is 0.00000338. The fourth-order valence-electron chi connectivity index (χ4n) is 2.78. The van der Waals surface area contributed by atoms with Crippen molar-refractivity contribution in [1.82, 2.24) is 15.5 Å². The van der Waals surface area contributed by atoms with Crippen LogP contribution in [0.2, 0.25) is 0 Å². The number of nitrogens with one attached hydrogen (secondary N) is 2. The van der Waals surface area contributed by atoms with Gasteiger partial charge in [-0.15, -0.1) is 24.0 Å². The molecule has 1 fully saturated rings. The van der Waals surface area contributed by atoms with Crippen LogP contribution in [0.4, 0.5) is 0 Å². The van der Waals surface area contributed by atoms with Crippen molar-refractivity contribution in [3.8, 4) is 0 Å². The van der Waals surface area contributed by atoms with Gasteiger partial charge in [-0.1, -0.05) is 32.0 Å². The Bertz CT molecular complexity index is 625. The molecule has 1 amide bonds. The second-order valence-corrected chi connectivity index (χ2v) is 8.00. The highest BCUT2D eigenvalue weighted by molar-refractivity contribution is 14.0. The van der Waals surface area contributed by atoms with Gasteiger partial charge in [-0.3, -0.25) is 14.0 Å². The third-order valence-electron chi connectivity index (χ3n) is 4.14. The molecule has 26 heavy (non-hydrogen) atoms. The molecule has 1 aromatic carbocycles. The molecule has 1 heterocycles. The fourth-order valence-corrected chi connectivity index (χ4v) is 3.77. The van der Waals surface area contributed by atoms with E-state index in [-0.39, 0.29) is 41.8 Å². The topological polar surface area (TPSA) is 73.8 Å². The van der Waals surface area contributed by atoms with Crippen LogP contribution in [-0.4, -0.2) is 59.5 Å². The lowest BCUT2D eigenvalue weighted by atomic mass is 10.2. The Labute approximate surface area is 175 Å². The normalized spacial score (nSPS) is 18.4. The van der Waals surface area contributed by atoms with Crippen molar-refractivity contribution in [3.05, 3.63) is 30.3 Å². The highest BCUT2D eigenvalue weighted by Gasteiger charge is 2.27. The maximum absolute atomic E-state index is 12.2. The molecule has 2 rings (SSSR count). The van der Waals surface area contributed by atoms with E-state index in [4.69, 9.17) is 0 Å². The Hall–Kier alpha value is -1.16. The number of nitrogens with zero attached hydrogens (tertiary/aromatic N) is 2. The molecule has 6 nitrogen and oxygen atoms in total. The number of carbonyl (C=O) groups is 1. The van der Waals surface area contributed by atoms with E-state index in [2.05, 4.69) is 15.6 Å². The van der Waals surface area contributed by atoms with E-state index in [1.807, 2.05) is 49.1 Å². The van der Waals surface area contributed by atoms with Crippen LogP contribution < -0.4 is 10.6 Å². The van der Waals surface area contributed by atoms with Crippen LogP contribution in [0.15, 0.2) is 40.2 Å².